The Hall–Kier alpha value is -1.07. The molecule has 0 spiro atoms. The zero-order valence-corrected chi connectivity index (χ0v) is 9.41. The van der Waals surface area contributed by atoms with Crippen molar-refractivity contribution in [3.8, 4) is 0 Å². The molecule has 4 nitrogen and oxygen atoms in total. The third-order valence-electron chi connectivity index (χ3n) is 1.66. The maximum Gasteiger partial charge on any atom is 0.288 e. The number of allylic oxidation sites excluding steroid dienone is 1. The van der Waals surface area contributed by atoms with E-state index in [1.165, 1.54) is 6.07 Å². The van der Waals surface area contributed by atoms with Gasteiger partial charge in [0, 0.05) is 11.6 Å². The van der Waals surface area contributed by atoms with Crippen molar-refractivity contribution >= 4 is 36.0 Å². The van der Waals surface area contributed by atoms with E-state index in [-0.39, 0.29) is 10.8 Å². The van der Waals surface area contributed by atoms with Gasteiger partial charge >= 0.3 is 0 Å². The molecule has 0 N–H and O–H groups in total. The van der Waals surface area contributed by atoms with Crippen molar-refractivity contribution < 1.29 is 4.92 Å². The Kier molecular flexibility index (Phi) is 4.58. The van der Waals surface area contributed by atoms with Gasteiger partial charge in [-0.2, -0.15) is 12.6 Å². The maximum atomic E-state index is 10.5. The smallest absolute Gasteiger partial charge is 0.258 e. The Morgan fingerprint density at radius 3 is 3.00 bits per heavy atom. The molecule has 1 aromatic rings. The molecule has 1 heterocycles. The molecular weight excluding hydrogens is 236 g/mol. The fraction of sp³-hybridized carbons (Fsp3) is 0.222. The molecule has 0 amide bonds. The fourth-order valence-corrected chi connectivity index (χ4v) is 1.27. The first-order valence-corrected chi connectivity index (χ1v) is 5.23. The monoisotopic (exact) mass is 244 g/mol. The van der Waals surface area contributed by atoms with Gasteiger partial charge in [0.25, 0.3) is 5.69 Å². The first-order valence-electron chi connectivity index (χ1n) is 4.22. The summed E-state index contributed by atoms with van der Waals surface area (Å²) in [6.45, 7) is 0. The van der Waals surface area contributed by atoms with Crippen LogP contribution in [0.2, 0.25) is 5.15 Å². The van der Waals surface area contributed by atoms with Gasteiger partial charge in [-0.1, -0.05) is 23.8 Å². The van der Waals surface area contributed by atoms with E-state index in [0.717, 1.165) is 18.4 Å². The quantitative estimate of drug-likeness (QED) is 0.383. The van der Waals surface area contributed by atoms with Gasteiger partial charge in [0.15, 0.2) is 0 Å². The number of nitro groups is 1. The van der Waals surface area contributed by atoms with Gasteiger partial charge in [0.1, 0.15) is 11.3 Å². The summed E-state index contributed by atoms with van der Waals surface area (Å²) in [4.78, 5) is 13.7. The number of nitrogens with zero attached hydrogens (tertiary/aromatic N) is 2. The third kappa shape index (κ3) is 3.53. The summed E-state index contributed by atoms with van der Waals surface area (Å²) in [5, 5.41) is 10.7. The Morgan fingerprint density at radius 2 is 2.40 bits per heavy atom. The van der Waals surface area contributed by atoms with Crippen molar-refractivity contribution in [2.75, 3.05) is 5.75 Å². The molecule has 0 radical (unpaired) electrons. The van der Waals surface area contributed by atoms with Crippen molar-refractivity contribution in [1.82, 2.24) is 4.98 Å². The predicted octanol–water partition coefficient (Wildman–Crippen LogP) is 2.98. The van der Waals surface area contributed by atoms with Crippen molar-refractivity contribution in [3.05, 3.63) is 39.2 Å². The molecule has 0 aliphatic rings. The summed E-state index contributed by atoms with van der Waals surface area (Å²) in [5.41, 5.74) is 0.484. The van der Waals surface area contributed by atoms with Gasteiger partial charge in [0.2, 0.25) is 0 Å². The normalized spacial score (nSPS) is 10.8. The van der Waals surface area contributed by atoms with Gasteiger partial charge in [-0.3, -0.25) is 10.1 Å². The van der Waals surface area contributed by atoms with Crippen molar-refractivity contribution in [2.24, 2.45) is 0 Å². The lowest BCUT2D eigenvalue weighted by molar-refractivity contribution is -0.385. The van der Waals surface area contributed by atoms with E-state index in [1.807, 2.05) is 6.08 Å². The minimum Gasteiger partial charge on any atom is -0.258 e. The van der Waals surface area contributed by atoms with Gasteiger partial charge in [-0.15, -0.1) is 0 Å². The van der Waals surface area contributed by atoms with E-state index in [4.69, 9.17) is 11.6 Å². The average molecular weight is 245 g/mol. The average Bonchev–Trinajstić information content (AvgIpc) is 2.20. The molecule has 0 bridgehead atoms. The van der Waals surface area contributed by atoms with E-state index in [1.54, 1.807) is 6.08 Å². The number of halogens is 1. The fourth-order valence-electron chi connectivity index (χ4n) is 0.955. The van der Waals surface area contributed by atoms with E-state index in [0.29, 0.717) is 5.56 Å². The second kappa shape index (κ2) is 5.72. The minimum atomic E-state index is -0.501. The van der Waals surface area contributed by atoms with Crippen molar-refractivity contribution in [3.63, 3.8) is 0 Å². The lowest BCUT2D eigenvalue weighted by Gasteiger charge is -1.97. The van der Waals surface area contributed by atoms with Gasteiger partial charge in [-0.25, -0.2) is 4.98 Å². The largest absolute Gasteiger partial charge is 0.288 e. The van der Waals surface area contributed by atoms with Crippen LogP contribution in [0.25, 0.3) is 6.08 Å². The molecule has 0 saturated carbocycles. The van der Waals surface area contributed by atoms with E-state index < -0.39 is 4.92 Å². The molecule has 0 aliphatic carbocycles. The first kappa shape index (κ1) is 12.0. The third-order valence-corrected chi connectivity index (χ3v) is 2.23. The highest BCUT2D eigenvalue weighted by Gasteiger charge is 2.08. The van der Waals surface area contributed by atoms with E-state index in [9.17, 15) is 10.1 Å². The second-order valence-electron chi connectivity index (χ2n) is 2.75. The lowest BCUT2D eigenvalue weighted by atomic mass is 10.2. The molecule has 80 valence electrons. The summed E-state index contributed by atoms with van der Waals surface area (Å²) in [6.07, 6.45) is 5.47. The van der Waals surface area contributed by atoms with Crippen LogP contribution in [0.1, 0.15) is 12.0 Å². The molecule has 1 rings (SSSR count). The van der Waals surface area contributed by atoms with Crippen LogP contribution in [-0.2, 0) is 0 Å². The van der Waals surface area contributed by atoms with Crippen LogP contribution in [-0.4, -0.2) is 15.7 Å². The highest BCUT2D eigenvalue weighted by atomic mass is 35.5. The van der Waals surface area contributed by atoms with Crippen LogP contribution in [0, 0.1) is 10.1 Å². The van der Waals surface area contributed by atoms with E-state index >= 15 is 0 Å². The molecule has 0 saturated heterocycles. The Balaban J connectivity index is 2.95. The molecule has 0 aromatic carbocycles. The zero-order chi connectivity index (χ0) is 11.3. The predicted molar refractivity (Wildman–Crippen MR) is 63.4 cm³/mol. The standard InChI is InChI=1S/C9H9ClN2O2S/c10-9-7(3-1-2-4-15)5-8(6-11-9)12(13)14/h1,3,5-6,15H,2,4H2. The number of hydrogen-bond donors (Lipinski definition) is 1. The molecule has 0 aliphatic heterocycles. The summed E-state index contributed by atoms with van der Waals surface area (Å²) < 4.78 is 0. The minimum absolute atomic E-state index is 0.0649. The summed E-state index contributed by atoms with van der Waals surface area (Å²) in [6, 6.07) is 1.39. The first-order chi connectivity index (χ1) is 7.15. The SMILES string of the molecule is O=[N+]([O-])c1cnc(Cl)c(C=CCCS)c1. The molecule has 6 heteroatoms. The summed E-state index contributed by atoms with van der Waals surface area (Å²) >= 11 is 9.81. The summed E-state index contributed by atoms with van der Waals surface area (Å²) in [5.74, 6) is 0.719. The van der Waals surface area contributed by atoms with Crippen LogP contribution in [0.3, 0.4) is 0 Å². The van der Waals surface area contributed by atoms with Crippen LogP contribution in [0.15, 0.2) is 18.3 Å². The van der Waals surface area contributed by atoms with Crippen molar-refractivity contribution in [1.29, 1.82) is 0 Å². The Morgan fingerprint density at radius 1 is 1.67 bits per heavy atom. The molecule has 0 fully saturated rings. The van der Waals surface area contributed by atoms with Gasteiger partial charge < -0.3 is 0 Å². The molecule has 0 unspecified atom stereocenters. The van der Waals surface area contributed by atoms with Crippen LogP contribution >= 0.6 is 24.2 Å². The molecule has 15 heavy (non-hydrogen) atoms. The zero-order valence-electron chi connectivity index (χ0n) is 7.76. The number of rotatable bonds is 4. The second-order valence-corrected chi connectivity index (χ2v) is 3.55. The Labute approximate surface area is 97.5 Å². The van der Waals surface area contributed by atoms with Gasteiger partial charge in [0.05, 0.1) is 4.92 Å². The number of pyridine rings is 1. The Bertz CT molecular complexity index is 396. The number of thiol groups is 1. The number of hydrogen-bond acceptors (Lipinski definition) is 4. The van der Waals surface area contributed by atoms with Crippen molar-refractivity contribution in [2.45, 2.75) is 6.42 Å². The molecular formula is C9H9ClN2O2S. The maximum absolute atomic E-state index is 10.5. The highest BCUT2D eigenvalue weighted by molar-refractivity contribution is 7.80. The summed E-state index contributed by atoms with van der Waals surface area (Å²) in [7, 11) is 0. The van der Waals surface area contributed by atoms with Gasteiger partial charge in [-0.05, 0) is 12.2 Å². The lowest BCUT2D eigenvalue weighted by Crippen LogP contribution is -1.91. The topological polar surface area (TPSA) is 56.0 Å². The molecule has 0 atom stereocenters. The van der Waals surface area contributed by atoms with E-state index in [2.05, 4.69) is 17.6 Å². The number of aromatic nitrogens is 1. The van der Waals surface area contributed by atoms with Crippen LogP contribution in [0.4, 0.5) is 5.69 Å². The molecule has 1 aromatic heterocycles. The van der Waals surface area contributed by atoms with Crippen LogP contribution in [0.5, 0.6) is 0 Å². The van der Waals surface area contributed by atoms with Crippen LogP contribution < -0.4 is 0 Å². The highest BCUT2D eigenvalue weighted by Crippen LogP contribution is 2.20.